The Morgan fingerprint density at radius 3 is 2.45 bits per heavy atom. The van der Waals surface area contributed by atoms with E-state index in [9.17, 15) is 13.6 Å². The summed E-state index contributed by atoms with van der Waals surface area (Å²) in [6, 6.07) is 10.7. The lowest BCUT2D eigenvalue weighted by molar-refractivity contribution is 0.101. The molecule has 2 aromatic carbocycles. The number of anilines is 1. The van der Waals surface area contributed by atoms with E-state index in [-0.39, 0.29) is 17.4 Å². The molecule has 0 amide bonds. The van der Waals surface area contributed by atoms with Gasteiger partial charge in [-0.1, -0.05) is 0 Å². The topological polar surface area (TPSA) is 49.6 Å². The van der Waals surface area contributed by atoms with Gasteiger partial charge in [0.25, 0.3) is 0 Å². The molecule has 7 heteroatoms. The van der Waals surface area contributed by atoms with Gasteiger partial charge >= 0.3 is 0 Å². The van der Waals surface area contributed by atoms with Gasteiger partial charge in [0.15, 0.2) is 11.5 Å². The average molecular weight is 397 g/mol. The molecule has 0 saturated carbocycles. The number of halogens is 2. The Morgan fingerprint density at radius 2 is 1.79 bits per heavy atom. The van der Waals surface area contributed by atoms with Gasteiger partial charge in [0.05, 0.1) is 18.4 Å². The number of aromatic nitrogens is 1. The van der Waals surface area contributed by atoms with Gasteiger partial charge in [-0.3, -0.25) is 9.69 Å². The summed E-state index contributed by atoms with van der Waals surface area (Å²) in [7, 11) is 0. The number of rotatable bonds is 5. The minimum absolute atomic E-state index is 0.147. The van der Waals surface area contributed by atoms with Crippen LogP contribution in [0.4, 0.5) is 14.5 Å². The summed E-state index contributed by atoms with van der Waals surface area (Å²) in [4.78, 5) is 19.9. The maximum atomic E-state index is 14.4. The molecule has 3 aromatic rings. The molecule has 0 radical (unpaired) electrons. The number of hydrogen-bond donors (Lipinski definition) is 0. The number of carbonyl (C=O) groups is 1. The Bertz CT molecular complexity index is 1010. The smallest absolute Gasteiger partial charge is 0.209 e. The van der Waals surface area contributed by atoms with Crippen molar-refractivity contribution in [3.63, 3.8) is 0 Å². The standard InChI is InChI=1S/C22H21F2N3O2/c1-15(28)17-4-7-20(19(24)12-17)27-10-8-26(9-11-27)14-22-25-13-21(29-22)16-2-5-18(23)6-3-16/h2-7,12-13H,8-11,14H2,1H3. The quantitative estimate of drug-likeness (QED) is 0.606. The minimum atomic E-state index is -0.372. The molecular formula is C22H21F2N3O2. The summed E-state index contributed by atoms with van der Waals surface area (Å²) >= 11 is 0. The van der Waals surface area contributed by atoms with Gasteiger partial charge in [-0.2, -0.15) is 0 Å². The number of benzene rings is 2. The maximum Gasteiger partial charge on any atom is 0.209 e. The predicted molar refractivity (Wildman–Crippen MR) is 106 cm³/mol. The normalized spacial score (nSPS) is 14.9. The van der Waals surface area contributed by atoms with E-state index in [0.29, 0.717) is 42.5 Å². The zero-order valence-corrected chi connectivity index (χ0v) is 16.1. The van der Waals surface area contributed by atoms with Crippen LogP contribution in [0.1, 0.15) is 23.2 Å². The van der Waals surface area contributed by atoms with Gasteiger partial charge in [-0.15, -0.1) is 0 Å². The lowest BCUT2D eigenvalue weighted by atomic mass is 10.1. The summed E-state index contributed by atoms with van der Waals surface area (Å²) in [5.74, 6) is 0.383. The zero-order chi connectivity index (χ0) is 20.4. The van der Waals surface area contributed by atoms with Crippen LogP contribution in [0.15, 0.2) is 53.1 Å². The summed E-state index contributed by atoms with van der Waals surface area (Å²) in [5, 5.41) is 0. The molecule has 5 nitrogen and oxygen atoms in total. The summed E-state index contributed by atoms with van der Waals surface area (Å²) in [6.07, 6.45) is 1.64. The van der Waals surface area contributed by atoms with E-state index in [2.05, 4.69) is 9.88 Å². The van der Waals surface area contributed by atoms with Crippen LogP contribution in [0.5, 0.6) is 0 Å². The van der Waals surface area contributed by atoms with Crippen molar-refractivity contribution in [2.75, 3.05) is 31.1 Å². The second-order valence-corrected chi connectivity index (χ2v) is 7.11. The second kappa shape index (κ2) is 8.13. The second-order valence-electron chi connectivity index (χ2n) is 7.11. The predicted octanol–water partition coefficient (Wildman–Crippen LogP) is 4.14. The highest BCUT2D eigenvalue weighted by Gasteiger charge is 2.21. The number of carbonyl (C=O) groups excluding carboxylic acids is 1. The molecule has 4 rings (SSSR count). The van der Waals surface area contributed by atoms with Crippen LogP contribution in [-0.4, -0.2) is 41.8 Å². The van der Waals surface area contributed by atoms with Crippen molar-refractivity contribution in [2.24, 2.45) is 0 Å². The Kier molecular flexibility index (Phi) is 5.40. The Balaban J connectivity index is 1.36. The van der Waals surface area contributed by atoms with E-state index < -0.39 is 0 Å². The summed E-state index contributed by atoms with van der Waals surface area (Å²) < 4.78 is 33.2. The first-order valence-electron chi connectivity index (χ1n) is 9.48. The number of ketones is 1. The van der Waals surface area contributed by atoms with Gasteiger partial charge in [-0.05, 0) is 49.4 Å². The number of hydrogen-bond acceptors (Lipinski definition) is 5. The molecule has 1 aliphatic heterocycles. The van der Waals surface area contributed by atoms with Gasteiger partial charge in [0.1, 0.15) is 11.6 Å². The first-order chi connectivity index (χ1) is 14.0. The Labute approximate surface area is 167 Å². The number of piperazine rings is 1. The molecule has 0 atom stereocenters. The van der Waals surface area contributed by atoms with Gasteiger partial charge in [-0.25, -0.2) is 13.8 Å². The molecule has 1 saturated heterocycles. The summed E-state index contributed by atoms with van der Waals surface area (Å²) in [6.45, 7) is 4.80. The lowest BCUT2D eigenvalue weighted by Gasteiger charge is -2.35. The third-order valence-electron chi connectivity index (χ3n) is 5.11. The van der Waals surface area contributed by atoms with Gasteiger partial charge < -0.3 is 9.32 Å². The molecule has 0 N–H and O–H groups in total. The van der Waals surface area contributed by atoms with E-state index in [4.69, 9.17) is 4.42 Å². The molecule has 1 aromatic heterocycles. The number of oxazole rings is 1. The van der Waals surface area contributed by atoms with Crippen LogP contribution in [0, 0.1) is 11.6 Å². The van der Waals surface area contributed by atoms with Crippen molar-refractivity contribution >= 4 is 11.5 Å². The van der Waals surface area contributed by atoms with Crippen molar-refractivity contribution in [3.05, 3.63) is 71.8 Å². The molecule has 1 aliphatic rings. The Hall–Kier alpha value is -3.06. The fraction of sp³-hybridized carbons (Fsp3) is 0.273. The molecule has 0 aliphatic carbocycles. The third kappa shape index (κ3) is 4.35. The van der Waals surface area contributed by atoms with E-state index in [1.54, 1.807) is 30.5 Å². The lowest BCUT2D eigenvalue weighted by Crippen LogP contribution is -2.46. The van der Waals surface area contributed by atoms with Crippen molar-refractivity contribution in [2.45, 2.75) is 13.5 Å². The van der Waals surface area contributed by atoms with Crippen LogP contribution < -0.4 is 4.90 Å². The van der Waals surface area contributed by atoms with Crippen LogP contribution in [0.25, 0.3) is 11.3 Å². The van der Waals surface area contributed by atoms with E-state index in [0.717, 1.165) is 18.7 Å². The highest BCUT2D eigenvalue weighted by Crippen LogP contribution is 2.24. The van der Waals surface area contributed by atoms with Crippen LogP contribution >= 0.6 is 0 Å². The molecule has 0 unspecified atom stereocenters. The molecule has 29 heavy (non-hydrogen) atoms. The highest BCUT2D eigenvalue weighted by molar-refractivity contribution is 5.94. The maximum absolute atomic E-state index is 14.4. The Morgan fingerprint density at radius 1 is 1.07 bits per heavy atom. The zero-order valence-electron chi connectivity index (χ0n) is 16.1. The van der Waals surface area contributed by atoms with E-state index in [1.807, 2.05) is 4.90 Å². The minimum Gasteiger partial charge on any atom is -0.439 e. The van der Waals surface area contributed by atoms with Crippen LogP contribution in [0.2, 0.25) is 0 Å². The van der Waals surface area contributed by atoms with E-state index >= 15 is 0 Å². The largest absolute Gasteiger partial charge is 0.439 e. The molecule has 150 valence electrons. The van der Waals surface area contributed by atoms with Crippen LogP contribution in [-0.2, 0) is 6.54 Å². The van der Waals surface area contributed by atoms with Gasteiger partial charge in [0, 0.05) is 37.3 Å². The monoisotopic (exact) mass is 397 g/mol. The van der Waals surface area contributed by atoms with Crippen molar-refractivity contribution in [1.29, 1.82) is 0 Å². The first-order valence-corrected chi connectivity index (χ1v) is 9.48. The molecule has 0 bridgehead atoms. The SMILES string of the molecule is CC(=O)c1ccc(N2CCN(Cc3ncc(-c4ccc(F)cc4)o3)CC2)c(F)c1. The fourth-order valence-electron chi connectivity index (χ4n) is 3.45. The molecule has 2 heterocycles. The number of Topliss-reactive ketones (excluding diaryl/α,β-unsaturated/α-hetero) is 1. The van der Waals surface area contributed by atoms with Gasteiger partial charge in [0.2, 0.25) is 5.89 Å². The molecule has 0 spiro atoms. The molecular weight excluding hydrogens is 376 g/mol. The van der Waals surface area contributed by atoms with Crippen molar-refractivity contribution in [3.8, 4) is 11.3 Å². The average Bonchev–Trinajstić information content (AvgIpc) is 3.17. The van der Waals surface area contributed by atoms with E-state index in [1.165, 1.54) is 25.1 Å². The summed E-state index contributed by atoms with van der Waals surface area (Å²) in [5.41, 5.74) is 1.68. The third-order valence-corrected chi connectivity index (χ3v) is 5.11. The fourth-order valence-corrected chi connectivity index (χ4v) is 3.45. The van der Waals surface area contributed by atoms with Crippen molar-refractivity contribution < 1.29 is 18.0 Å². The van der Waals surface area contributed by atoms with Crippen LogP contribution in [0.3, 0.4) is 0 Å². The highest BCUT2D eigenvalue weighted by atomic mass is 19.1. The van der Waals surface area contributed by atoms with Crippen molar-refractivity contribution in [1.82, 2.24) is 9.88 Å². The first kappa shape index (κ1) is 19.3. The molecule has 1 fully saturated rings. The number of nitrogens with zero attached hydrogens (tertiary/aromatic N) is 3.